The first kappa shape index (κ1) is 6.15. The van der Waals surface area contributed by atoms with Crippen molar-refractivity contribution in [2.45, 2.75) is 0 Å². The molecule has 0 radical (unpaired) electrons. The minimum atomic E-state index is 0.359. The van der Waals surface area contributed by atoms with E-state index in [1.54, 1.807) is 7.05 Å². The molecule has 0 atom stereocenters. The van der Waals surface area contributed by atoms with E-state index in [-0.39, 0.29) is 0 Å². The molecule has 0 amide bonds. The van der Waals surface area contributed by atoms with Crippen LogP contribution < -0.4 is 5.73 Å². The summed E-state index contributed by atoms with van der Waals surface area (Å²) >= 11 is 4.75. The van der Waals surface area contributed by atoms with Crippen LogP contribution in [0.3, 0.4) is 0 Å². The second kappa shape index (κ2) is 2.10. The smallest absolute Gasteiger partial charge is 0.217 e. The van der Waals surface area contributed by atoms with Crippen LogP contribution in [0.15, 0.2) is 6.20 Å². The number of nitrogens with zero attached hydrogens (tertiary/aromatic N) is 3. The zero-order valence-corrected chi connectivity index (χ0v) is 5.72. The Balaban J connectivity index is 3.34. The summed E-state index contributed by atoms with van der Waals surface area (Å²) in [6.07, 6.45) is 1.45. The van der Waals surface area contributed by atoms with Crippen molar-refractivity contribution in [3.05, 3.63) is 11.0 Å². The minimum Gasteiger partial charge on any atom is -0.382 e. The molecule has 1 rings (SSSR count). The van der Waals surface area contributed by atoms with Crippen LogP contribution in [0.5, 0.6) is 0 Å². The predicted molar refractivity (Wildman–Crippen MR) is 36.2 cm³/mol. The predicted octanol–water partition coefficient (Wildman–Crippen LogP) is 0.127. The van der Waals surface area contributed by atoms with E-state index in [1.807, 2.05) is 0 Å². The van der Waals surface area contributed by atoms with Gasteiger partial charge in [-0.05, 0) is 12.2 Å². The molecule has 0 bridgehead atoms. The highest BCUT2D eigenvalue weighted by Gasteiger charge is 1.86. The van der Waals surface area contributed by atoms with Crippen molar-refractivity contribution in [1.82, 2.24) is 14.8 Å². The van der Waals surface area contributed by atoms with E-state index in [0.717, 1.165) is 0 Å². The second-order valence-electron chi connectivity index (χ2n) is 1.59. The molecule has 1 heterocycles. The molecule has 48 valence electrons. The Labute approximate surface area is 57.3 Å². The first-order chi connectivity index (χ1) is 4.20. The monoisotopic (exact) mass is 142 g/mol. The van der Waals surface area contributed by atoms with Crippen molar-refractivity contribution in [3.63, 3.8) is 0 Å². The Bertz CT molecular complexity index is 266. The van der Waals surface area contributed by atoms with Crippen LogP contribution in [0.4, 0.5) is 5.82 Å². The van der Waals surface area contributed by atoms with Gasteiger partial charge in [0, 0.05) is 7.05 Å². The van der Waals surface area contributed by atoms with E-state index in [2.05, 4.69) is 10.1 Å². The number of nitrogen functional groups attached to an aromatic ring is 1. The fraction of sp³-hybridized carbons (Fsp3) is 0.250. The molecular weight excluding hydrogens is 136 g/mol. The second-order valence-corrected chi connectivity index (χ2v) is 1.95. The largest absolute Gasteiger partial charge is 0.382 e. The van der Waals surface area contributed by atoms with E-state index in [0.29, 0.717) is 10.6 Å². The fourth-order valence-electron chi connectivity index (χ4n) is 0.407. The van der Waals surface area contributed by atoms with Gasteiger partial charge >= 0.3 is 0 Å². The van der Waals surface area contributed by atoms with Gasteiger partial charge in [0.2, 0.25) is 4.77 Å². The van der Waals surface area contributed by atoms with Crippen molar-refractivity contribution in [2.75, 3.05) is 5.73 Å². The molecule has 0 aliphatic heterocycles. The molecule has 4 nitrogen and oxygen atoms in total. The van der Waals surface area contributed by atoms with Gasteiger partial charge in [0.25, 0.3) is 0 Å². The number of rotatable bonds is 0. The molecule has 0 aliphatic carbocycles. The Morgan fingerprint density at radius 2 is 2.44 bits per heavy atom. The molecule has 1 aromatic heterocycles. The van der Waals surface area contributed by atoms with Crippen molar-refractivity contribution in [2.24, 2.45) is 7.05 Å². The van der Waals surface area contributed by atoms with E-state index in [9.17, 15) is 0 Å². The number of anilines is 1. The highest BCUT2D eigenvalue weighted by atomic mass is 32.1. The Morgan fingerprint density at radius 3 is 2.89 bits per heavy atom. The summed E-state index contributed by atoms with van der Waals surface area (Å²) in [6.45, 7) is 0. The van der Waals surface area contributed by atoms with Gasteiger partial charge in [0.15, 0.2) is 0 Å². The molecule has 0 fully saturated rings. The van der Waals surface area contributed by atoms with E-state index < -0.39 is 0 Å². The molecule has 0 spiro atoms. The van der Waals surface area contributed by atoms with Gasteiger partial charge in [0.1, 0.15) is 5.82 Å². The van der Waals surface area contributed by atoms with E-state index in [1.165, 1.54) is 10.9 Å². The maximum atomic E-state index is 5.27. The van der Waals surface area contributed by atoms with Crippen molar-refractivity contribution in [3.8, 4) is 0 Å². The molecule has 0 saturated heterocycles. The third-order valence-electron chi connectivity index (χ3n) is 0.865. The van der Waals surface area contributed by atoms with Crippen molar-refractivity contribution < 1.29 is 0 Å². The summed E-state index contributed by atoms with van der Waals surface area (Å²) in [6, 6.07) is 0. The number of aromatic nitrogens is 3. The zero-order chi connectivity index (χ0) is 6.85. The minimum absolute atomic E-state index is 0.359. The molecule has 0 aromatic carbocycles. The third kappa shape index (κ3) is 1.23. The Kier molecular flexibility index (Phi) is 1.44. The topological polar surface area (TPSA) is 56.7 Å². The normalized spacial score (nSPS) is 9.44. The van der Waals surface area contributed by atoms with Gasteiger partial charge in [-0.1, -0.05) is 0 Å². The average molecular weight is 142 g/mol. The summed E-state index contributed by atoms with van der Waals surface area (Å²) in [7, 11) is 1.72. The quantitative estimate of drug-likeness (QED) is 0.523. The lowest BCUT2D eigenvalue weighted by atomic mass is 10.8. The SMILES string of the molecule is Cn1ncc(N)nc1=S. The maximum Gasteiger partial charge on any atom is 0.217 e. The van der Waals surface area contributed by atoms with Crippen molar-refractivity contribution >= 4 is 18.0 Å². The zero-order valence-electron chi connectivity index (χ0n) is 4.90. The van der Waals surface area contributed by atoms with Gasteiger partial charge in [-0.2, -0.15) is 5.10 Å². The van der Waals surface area contributed by atoms with Gasteiger partial charge in [-0.3, -0.25) is 0 Å². The average Bonchev–Trinajstić information content (AvgIpc) is 1.80. The van der Waals surface area contributed by atoms with Crippen molar-refractivity contribution in [1.29, 1.82) is 0 Å². The number of hydrogen-bond donors (Lipinski definition) is 1. The molecule has 2 N–H and O–H groups in total. The van der Waals surface area contributed by atoms with Crippen LogP contribution in [0.2, 0.25) is 0 Å². The van der Waals surface area contributed by atoms with Gasteiger partial charge < -0.3 is 5.73 Å². The number of nitrogens with two attached hydrogens (primary N) is 1. The first-order valence-electron chi connectivity index (χ1n) is 2.36. The van der Waals surface area contributed by atoms with Crippen LogP contribution in [-0.2, 0) is 7.05 Å². The standard InChI is InChI=1S/C4H6N4S/c1-8-4(9)7-3(5)2-6-8/h2H,1H3,(H2,5,7,9). The fourth-order valence-corrected chi connectivity index (χ4v) is 0.559. The Hall–Kier alpha value is -0.970. The number of hydrogen-bond acceptors (Lipinski definition) is 4. The van der Waals surface area contributed by atoms with Gasteiger partial charge in [0.05, 0.1) is 6.20 Å². The van der Waals surface area contributed by atoms with E-state index in [4.69, 9.17) is 18.0 Å². The first-order valence-corrected chi connectivity index (χ1v) is 2.77. The molecule has 0 saturated carbocycles. The lowest BCUT2D eigenvalue weighted by molar-refractivity contribution is 0.700. The molecular formula is C4H6N4S. The van der Waals surface area contributed by atoms with E-state index >= 15 is 0 Å². The lowest BCUT2D eigenvalue weighted by Gasteiger charge is -1.94. The summed E-state index contributed by atoms with van der Waals surface area (Å²) < 4.78 is 1.88. The highest BCUT2D eigenvalue weighted by molar-refractivity contribution is 7.71. The number of aryl methyl sites for hydroxylation is 1. The lowest BCUT2D eigenvalue weighted by Crippen LogP contribution is -2.02. The highest BCUT2D eigenvalue weighted by Crippen LogP contribution is 1.89. The van der Waals surface area contributed by atoms with Crippen LogP contribution in [0.25, 0.3) is 0 Å². The summed E-state index contributed by atoms with van der Waals surface area (Å²) in [4.78, 5) is 3.77. The van der Waals surface area contributed by atoms with Crippen LogP contribution in [-0.4, -0.2) is 14.8 Å². The molecule has 0 unspecified atom stereocenters. The van der Waals surface area contributed by atoms with Crippen LogP contribution in [0.1, 0.15) is 0 Å². The summed E-state index contributed by atoms with van der Waals surface area (Å²) in [5, 5.41) is 3.80. The maximum absolute atomic E-state index is 5.27. The summed E-state index contributed by atoms with van der Waals surface area (Å²) in [5.74, 6) is 0.359. The van der Waals surface area contributed by atoms with Gasteiger partial charge in [-0.15, -0.1) is 0 Å². The third-order valence-corrected chi connectivity index (χ3v) is 1.22. The van der Waals surface area contributed by atoms with Crippen LogP contribution >= 0.6 is 12.2 Å². The molecule has 0 aliphatic rings. The molecule has 5 heteroatoms. The molecule has 1 aromatic rings. The Morgan fingerprint density at radius 1 is 1.78 bits per heavy atom. The summed E-state index contributed by atoms with van der Waals surface area (Å²) in [5.41, 5.74) is 5.27. The van der Waals surface area contributed by atoms with Gasteiger partial charge in [-0.25, -0.2) is 9.67 Å². The van der Waals surface area contributed by atoms with Crippen LogP contribution in [0, 0.1) is 4.77 Å². The molecule has 9 heavy (non-hydrogen) atoms.